The van der Waals surface area contributed by atoms with Crippen molar-refractivity contribution in [3.05, 3.63) is 6.33 Å². The van der Waals surface area contributed by atoms with Crippen LogP contribution in [0.5, 0.6) is 0 Å². The lowest BCUT2D eigenvalue weighted by Gasteiger charge is -2.18. The van der Waals surface area contributed by atoms with E-state index < -0.39 is 0 Å². The van der Waals surface area contributed by atoms with Crippen LogP contribution in [0.3, 0.4) is 0 Å². The Bertz CT molecular complexity index is 598. The van der Waals surface area contributed by atoms with E-state index in [4.69, 9.17) is 0 Å². The van der Waals surface area contributed by atoms with Crippen molar-refractivity contribution < 1.29 is 5.11 Å². The van der Waals surface area contributed by atoms with E-state index in [1.54, 1.807) is 6.33 Å². The Kier molecular flexibility index (Phi) is 4.19. The van der Waals surface area contributed by atoms with Gasteiger partial charge in [-0.05, 0) is 31.6 Å². The lowest BCUT2D eigenvalue weighted by atomic mass is 9.97. The molecule has 4 N–H and O–H groups in total. The van der Waals surface area contributed by atoms with Crippen molar-refractivity contribution in [1.29, 1.82) is 0 Å². The summed E-state index contributed by atoms with van der Waals surface area (Å²) in [6.45, 7) is 3.88. The Labute approximate surface area is 123 Å². The van der Waals surface area contributed by atoms with E-state index in [2.05, 4.69) is 30.6 Å². The van der Waals surface area contributed by atoms with Gasteiger partial charge >= 0.3 is 0 Å². The van der Waals surface area contributed by atoms with Crippen LogP contribution in [0.4, 0.5) is 11.8 Å². The average Bonchev–Trinajstić information content (AvgIpc) is 3.13. The maximum absolute atomic E-state index is 9.41. The highest BCUT2D eigenvalue weighted by Gasteiger charge is 2.26. The monoisotopic (exact) mass is 290 g/mol. The standard InChI is InChI=1S/C14H22N6O/c1-2-15-14-19-12(11-13(20-14)18-8-17-11)16-6-9-4-3-5-10(9)7-21/h8-10,21H,2-7H2,1H3,(H3,15,16,17,18,19,20). The number of anilines is 2. The minimum atomic E-state index is 0.276. The molecule has 1 saturated carbocycles. The van der Waals surface area contributed by atoms with E-state index in [1.807, 2.05) is 6.92 Å². The fourth-order valence-electron chi connectivity index (χ4n) is 3.05. The van der Waals surface area contributed by atoms with Gasteiger partial charge in [0.15, 0.2) is 11.5 Å². The summed E-state index contributed by atoms with van der Waals surface area (Å²) in [6.07, 6.45) is 5.11. The van der Waals surface area contributed by atoms with Gasteiger partial charge in [0, 0.05) is 19.7 Å². The quantitative estimate of drug-likeness (QED) is 0.645. The van der Waals surface area contributed by atoms with Crippen LogP contribution in [0.1, 0.15) is 26.2 Å². The van der Waals surface area contributed by atoms with Crippen LogP contribution in [0, 0.1) is 11.8 Å². The number of hydrogen-bond acceptors (Lipinski definition) is 6. The molecule has 0 aliphatic heterocycles. The fourth-order valence-corrected chi connectivity index (χ4v) is 3.05. The van der Waals surface area contributed by atoms with Gasteiger partial charge in [-0.25, -0.2) is 4.98 Å². The normalized spacial score (nSPS) is 21.8. The second-order valence-corrected chi connectivity index (χ2v) is 5.54. The first kappa shape index (κ1) is 14.1. The van der Waals surface area contributed by atoms with Crippen molar-refractivity contribution in [2.24, 2.45) is 11.8 Å². The van der Waals surface area contributed by atoms with E-state index in [0.29, 0.717) is 23.4 Å². The Balaban J connectivity index is 1.77. The molecule has 1 aliphatic rings. The maximum atomic E-state index is 9.41. The van der Waals surface area contributed by atoms with Gasteiger partial charge in [0.1, 0.15) is 5.52 Å². The first-order valence-corrected chi connectivity index (χ1v) is 7.61. The molecule has 1 fully saturated rings. The molecule has 2 aromatic rings. The van der Waals surface area contributed by atoms with E-state index in [-0.39, 0.29) is 6.61 Å². The minimum Gasteiger partial charge on any atom is -0.396 e. The number of nitrogens with one attached hydrogen (secondary N) is 3. The van der Waals surface area contributed by atoms with Gasteiger partial charge < -0.3 is 20.7 Å². The van der Waals surface area contributed by atoms with E-state index >= 15 is 0 Å². The van der Waals surface area contributed by atoms with Crippen molar-refractivity contribution in [1.82, 2.24) is 19.9 Å². The lowest BCUT2D eigenvalue weighted by molar-refractivity contribution is 0.199. The van der Waals surface area contributed by atoms with Gasteiger partial charge in [0.2, 0.25) is 5.95 Å². The molecule has 2 heterocycles. The van der Waals surface area contributed by atoms with Crippen molar-refractivity contribution >= 4 is 22.9 Å². The summed E-state index contributed by atoms with van der Waals surface area (Å²) in [5.74, 6) is 2.28. The molecule has 0 saturated heterocycles. The molecule has 0 aromatic carbocycles. The highest BCUT2D eigenvalue weighted by atomic mass is 16.3. The van der Waals surface area contributed by atoms with Crippen LogP contribution in [0.25, 0.3) is 11.2 Å². The van der Waals surface area contributed by atoms with Gasteiger partial charge in [-0.15, -0.1) is 0 Å². The first-order valence-electron chi connectivity index (χ1n) is 7.61. The Morgan fingerprint density at radius 1 is 1.29 bits per heavy atom. The molecule has 3 rings (SSSR count). The average molecular weight is 290 g/mol. The van der Waals surface area contributed by atoms with Crippen LogP contribution in [-0.4, -0.2) is 44.7 Å². The van der Waals surface area contributed by atoms with E-state index in [9.17, 15) is 5.11 Å². The van der Waals surface area contributed by atoms with Gasteiger partial charge in [-0.3, -0.25) is 0 Å². The molecule has 21 heavy (non-hydrogen) atoms. The summed E-state index contributed by atoms with van der Waals surface area (Å²) >= 11 is 0. The number of aromatic amines is 1. The van der Waals surface area contributed by atoms with Crippen LogP contribution in [0.2, 0.25) is 0 Å². The topological polar surface area (TPSA) is 98.8 Å². The number of aliphatic hydroxyl groups excluding tert-OH is 1. The summed E-state index contributed by atoms with van der Waals surface area (Å²) in [5, 5.41) is 15.9. The van der Waals surface area contributed by atoms with Crippen molar-refractivity contribution in [2.45, 2.75) is 26.2 Å². The number of aliphatic hydroxyl groups is 1. The predicted octanol–water partition coefficient (Wildman–Crippen LogP) is 1.61. The summed E-state index contributed by atoms with van der Waals surface area (Å²) < 4.78 is 0. The van der Waals surface area contributed by atoms with E-state index in [0.717, 1.165) is 37.3 Å². The number of rotatable bonds is 6. The molecule has 0 radical (unpaired) electrons. The van der Waals surface area contributed by atoms with Crippen LogP contribution < -0.4 is 10.6 Å². The summed E-state index contributed by atoms with van der Waals surface area (Å²) in [4.78, 5) is 16.1. The maximum Gasteiger partial charge on any atom is 0.226 e. The summed E-state index contributed by atoms with van der Waals surface area (Å²) in [6, 6.07) is 0. The Morgan fingerprint density at radius 2 is 2.14 bits per heavy atom. The molecule has 0 amide bonds. The summed E-state index contributed by atoms with van der Waals surface area (Å²) in [5.41, 5.74) is 1.49. The third kappa shape index (κ3) is 2.92. The van der Waals surface area contributed by atoms with Crippen molar-refractivity contribution in [3.8, 4) is 0 Å². The third-order valence-corrected chi connectivity index (χ3v) is 4.20. The molecular formula is C14H22N6O. The molecule has 7 nitrogen and oxygen atoms in total. The number of aromatic nitrogens is 4. The van der Waals surface area contributed by atoms with Gasteiger partial charge in [-0.1, -0.05) is 6.42 Å². The van der Waals surface area contributed by atoms with Gasteiger partial charge in [-0.2, -0.15) is 9.97 Å². The first-order chi connectivity index (χ1) is 10.3. The largest absolute Gasteiger partial charge is 0.396 e. The molecule has 2 aromatic heterocycles. The summed E-state index contributed by atoms with van der Waals surface area (Å²) in [7, 11) is 0. The SMILES string of the molecule is CCNc1nc(NCC2CCCC2CO)c2[nH]cnc2n1. The number of nitrogens with zero attached hydrogens (tertiary/aromatic N) is 3. The van der Waals surface area contributed by atoms with Gasteiger partial charge in [0.25, 0.3) is 0 Å². The number of fused-ring (bicyclic) bond motifs is 1. The van der Waals surface area contributed by atoms with Crippen LogP contribution in [-0.2, 0) is 0 Å². The molecule has 2 unspecified atom stereocenters. The zero-order valence-electron chi connectivity index (χ0n) is 12.3. The molecule has 114 valence electrons. The van der Waals surface area contributed by atoms with Gasteiger partial charge in [0.05, 0.1) is 6.33 Å². The second-order valence-electron chi connectivity index (χ2n) is 5.54. The Hall–Kier alpha value is -1.89. The lowest BCUT2D eigenvalue weighted by Crippen LogP contribution is -2.21. The van der Waals surface area contributed by atoms with E-state index in [1.165, 1.54) is 6.42 Å². The van der Waals surface area contributed by atoms with Crippen LogP contribution in [0.15, 0.2) is 6.33 Å². The van der Waals surface area contributed by atoms with Crippen molar-refractivity contribution in [3.63, 3.8) is 0 Å². The number of imidazole rings is 1. The minimum absolute atomic E-state index is 0.276. The molecule has 0 spiro atoms. The highest BCUT2D eigenvalue weighted by Crippen LogP contribution is 2.31. The van der Waals surface area contributed by atoms with Crippen LogP contribution >= 0.6 is 0 Å². The molecule has 7 heteroatoms. The predicted molar refractivity (Wildman–Crippen MR) is 82.3 cm³/mol. The number of H-pyrrole nitrogens is 1. The molecule has 1 aliphatic carbocycles. The molecule has 0 bridgehead atoms. The smallest absolute Gasteiger partial charge is 0.226 e. The zero-order chi connectivity index (χ0) is 14.7. The zero-order valence-corrected chi connectivity index (χ0v) is 12.3. The Morgan fingerprint density at radius 3 is 2.95 bits per heavy atom. The highest BCUT2D eigenvalue weighted by molar-refractivity contribution is 5.83. The number of hydrogen-bond donors (Lipinski definition) is 4. The van der Waals surface area contributed by atoms with Crippen molar-refractivity contribution in [2.75, 3.05) is 30.3 Å². The third-order valence-electron chi connectivity index (χ3n) is 4.20. The molecule has 2 atom stereocenters. The second kappa shape index (κ2) is 6.26. The fraction of sp³-hybridized carbons (Fsp3) is 0.643. The molecular weight excluding hydrogens is 268 g/mol.